The van der Waals surface area contributed by atoms with Crippen LogP contribution < -0.4 is 0 Å². The first kappa shape index (κ1) is 20.9. The second kappa shape index (κ2) is 10.7. The van der Waals surface area contributed by atoms with Gasteiger partial charge in [0, 0.05) is 25.4 Å². The lowest BCUT2D eigenvalue weighted by atomic mass is 10.3. The Balaban J connectivity index is 0.000000380. The van der Waals surface area contributed by atoms with Gasteiger partial charge in [-0.1, -0.05) is 30.0 Å². The van der Waals surface area contributed by atoms with E-state index in [9.17, 15) is 0 Å². The monoisotopic (exact) mass is 394 g/mol. The van der Waals surface area contributed by atoms with Gasteiger partial charge in [0.05, 0.1) is 18.9 Å². The van der Waals surface area contributed by atoms with Gasteiger partial charge in [0.15, 0.2) is 0 Å². The van der Waals surface area contributed by atoms with Crippen molar-refractivity contribution >= 4 is 23.7 Å². The maximum atomic E-state index is 9.10. The molecule has 0 saturated carbocycles. The lowest BCUT2D eigenvalue weighted by Crippen LogP contribution is -2.37. The SMILES string of the molecule is Cc1nc(SCCN2CCOCC2)nn1-c1ccccc1.O=C(O)C(=O)O. The van der Waals surface area contributed by atoms with Gasteiger partial charge in [-0.3, -0.25) is 4.90 Å². The van der Waals surface area contributed by atoms with Gasteiger partial charge in [0.2, 0.25) is 5.16 Å². The molecule has 146 valence electrons. The van der Waals surface area contributed by atoms with E-state index in [0.717, 1.165) is 55.3 Å². The lowest BCUT2D eigenvalue weighted by Gasteiger charge is -2.25. The van der Waals surface area contributed by atoms with Crippen molar-refractivity contribution in [1.82, 2.24) is 19.7 Å². The molecule has 10 heteroatoms. The Labute approximate surface area is 161 Å². The molecule has 0 bridgehead atoms. The van der Waals surface area contributed by atoms with E-state index in [1.54, 1.807) is 11.8 Å². The molecule has 2 aromatic rings. The summed E-state index contributed by atoms with van der Waals surface area (Å²) in [7, 11) is 0. The normalized spacial score (nSPS) is 14.3. The van der Waals surface area contributed by atoms with Gasteiger partial charge in [-0.05, 0) is 19.1 Å². The lowest BCUT2D eigenvalue weighted by molar-refractivity contribution is -0.159. The van der Waals surface area contributed by atoms with Crippen molar-refractivity contribution in [3.63, 3.8) is 0 Å². The summed E-state index contributed by atoms with van der Waals surface area (Å²) < 4.78 is 7.26. The zero-order valence-corrected chi connectivity index (χ0v) is 15.8. The molecule has 2 heterocycles. The number of aryl methyl sites for hydroxylation is 1. The summed E-state index contributed by atoms with van der Waals surface area (Å²) in [5, 5.41) is 20.2. The van der Waals surface area contributed by atoms with E-state index in [1.165, 1.54) is 0 Å². The van der Waals surface area contributed by atoms with E-state index < -0.39 is 11.9 Å². The molecule has 1 aliphatic heterocycles. The van der Waals surface area contributed by atoms with Crippen LogP contribution >= 0.6 is 11.8 Å². The van der Waals surface area contributed by atoms with Crippen molar-refractivity contribution in [3.8, 4) is 5.69 Å². The number of morpholine rings is 1. The van der Waals surface area contributed by atoms with Crippen molar-refractivity contribution in [2.45, 2.75) is 12.1 Å². The van der Waals surface area contributed by atoms with Crippen molar-refractivity contribution in [2.75, 3.05) is 38.6 Å². The number of thioether (sulfide) groups is 1. The van der Waals surface area contributed by atoms with E-state index >= 15 is 0 Å². The molecule has 0 unspecified atom stereocenters. The van der Waals surface area contributed by atoms with Crippen LogP contribution in [0.2, 0.25) is 0 Å². The number of carboxylic acids is 2. The molecule has 1 aliphatic rings. The Morgan fingerprint density at radius 1 is 1.15 bits per heavy atom. The van der Waals surface area contributed by atoms with Crippen LogP contribution in [0.4, 0.5) is 0 Å². The van der Waals surface area contributed by atoms with Crippen LogP contribution in [-0.2, 0) is 14.3 Å². The Morgan fingerprint density at radius 2 is 1.78 bits per heavy atom. The summed E-state index contributed by atoms with van der Waals surface area (Å²) in [5.74, 6) is -1.71. The van der Waals surface area contributed by atoms with Gasteiger partial charge in [0.1, 0.15) is 5.82 Å². The van der Waals surface area contributed by atoms with Gasteiger partial charge in [-0.2, -0.15) is 0 Å². The van der Waals surface area contributed by atoms with E-state index in [-0.39, 0.29) is 0 Å². The minimum atomic E-state index is -1.82. The number of para-hydroxylation sites is 1. The number of hydrogen-bond acceptors (Lipinski definition) is 7. The third kappa shape index (κ3) is 7.00. The fourth-order valence-corrected chi connectivity index (χ4v) is 3.20. The standard InChI is InChI=1S/C15H20N4OS.C2H2O4/c1-13-16-15(17-19(13)14-5-3-2-4-6-14)21-12-9-18-7-10-20-11-8-18;3-1(4)2(5)6/h2-6H,7-12H2,1H3;(H,3,4)(H,5,6). The minimum Gasteiger partial charge on any atom is -0.473 e. The van der Waals surface area contributed by atoms with Gasteiger partial charge < -0.3 is 14.9 Å². The van der Waals surface area contributed by atoms with Crippen LogP contribution in [0.15, 0.2) is 35.5 Å². The van der Waals surface area contributed by atoms with Crippen molar-refractivity contribution in [1.29, 1.82) is 0 Å². The van der Waals surface area contributed by atoms with Gasteiger partial charge >= 0.3 is 11.9 Å². The van der Waals surface area contributed by atoms with Crippen LogP contribution in [0.3, 0.4) is 0 Å². The fourth-order valence-electron chi connectivity index (χ4n) is 2.33. The van der Waals surface area contributed by atoms with Crippen LogP contribution in [0.5, 0.6) is 0 Å². The number of aliphatic carboxylic acids is 2. The molecule has 3 rings (SSSR count). The number of aromatic nitrogens is 3. The number of nitrogens with zero attached hydrogens (tertiary/aromatic N) is 4. The van der Waals surface area contributed by atoms with E-state index in [0.29, 0.717) is 0 Å². The molecule has 0 aliphatic carbocycles. The minimum absolute atomic E-state index is 0.851. The second-order valence-electron chi connectivity index (χ2n) is 5.60. The number of ether oxygens (including phenoxy) is 1. The highest BCUT2D eigenvalue weighted by atomic mass is 32.2. The number of benzene rings is 1. The summed E-state index contributed by atoms with van der Waals surface area (Å²) in [6.07, 6.45) is 0. The Morgan fingerprint density at radius 3 is 2.37 bits per heavy atom. The smallest absolute Gasteiger partial charge is 0.414 e. The van der Waals surface area contributed by atoms with Crippen molar-refractivity contribution in [3.05, 3.63) is 36.2 Å². The third-order valence-corrected chi connectivity index (χ3v) is 4.49. The highest BCUT2D eigenvalue weighted by Gasteiger charge is 2.12. The van der Waals surface area contributed by atoms with Crippen LogP contribution in [0.25, 0.3) is 5.69 Å². The van der Waals surface area contributed by atoms with Crippen molar-refractivity contribution < 1.29 is 24.5 Å². The predicted octanol–water partition coefficient (Wildman–Crippen LogP) is 1.16. The van der Waals surface area contributed by atoms with Gasteiger partial charge in [-0.25, -0.2) is 19.3 Å². The first-order valence-corrected chi connectivity index (χ1v) is 9.34. The zero-order chi connectivity index (χ0) is 19.6. The first-order chi connectivity index (χ1) is 13.0. The quantitative estimate of drug-likeness (QED) is 0.569. The highest BCUT2D eigenvalue weighted by Crippen LogP contribution is 2.17. The number of carbonyl (C=O) groups is 2. The molecule has 2 N–H and O–H groups in total. The Kier molecular flexibility index (Phi) is 8.24. The molecule has 27 heavy (non-hydrogen) atoms. The van der Waals surface area contributed by atoms with E-state index in [1.807, 2.05) is 41.9 Å². The second-order valence-corrected chi connectivity index (χ2v) is 6.66. The van der Waals surface area contributed by atoms with E-state index in [2.05, 4.69) is 15.0 Å². The van der Waals surface area contributed by atoms with Crippen LogP contribution in [0.1, 0.15) is 5.82 Å². The zero-order valence-electron chi connectivity index (χ0n) is 14.9. The molecule has 1 aromatic heterocycles. The van der Waals surface area contributed by atoms with Crippen molar-refractivity contribution in [2.24, 2.45) is 0 Å². The molecule has 0 atom stereocenters. The average molecular weight is 394 g/mol. The summed E-state index contributed by atoms with van der Waals surface area (Å²) in [4.78, 5) is 25.2. The maximum absolute atomic E-state index is 9.10. The Hall–Kier alpha value is -2.43. The fraction of sp³-hybridized carbons (Fsp3) is 0.412. The molecule has 0 spiro atoms. The van der Waals surface area contributed by atoms with Gasteiger partial charge in [0.25, 0.3) is 0 Å². The highest BCUT2D eigenvalue weighted by molar-refractivity contribution is 7.99. The van der Waals surface area contributed by atoms with Crippen LogP contribution in [-0.4, -0.2) is 80.4 Å². The number of hydrogen-bond donors (Lipinski definition) is 2. The topological polar surface area (TPSA) is 118 Å². The Bertz CT molecular complexity index is 735. The number of rotatable bonds is 5. The summed E-state index contributed by atoms with van der Waals surface area (Å²) >= 11 is 1.72. The summed E-state index contributed by atoms with van der Waals surface area (Å²) in [5.41, 5.74) is 1.06. The summed E-state index contributed by atoms with van der Waals surface area (Å²) in [6, 6.07) is 10.1. The molecule has 9 nitrogen and oxygen atoms in total. The molecular weight excluding hydrogens is 372 g/mol. The maximum Gasteiger partial charge on any atom is 0.414 e. The molecule has 1 aromatic carbocycles. The molecule has 1 fully saturated rings. The largest absolute Gasteiger partial charge is 0.473 e. The first-order valence-electron chi connectivity index (χ1n) is 8.35. The molecule has 0 amide bonds. The molecular formula is C17H22N4O5S. The molecule has 1 saturated heterocycles. The van der Waals surface area contributed by atoms with Crippen LogP contribution in [0, 0.1) is 6.92 Å². The third-order valence-electron chi connectivity index (χ3n) is 3.68. The average Bonchev–Trinajstić information content (AvgIpc) is 3.04. The van der Waals surface area contributed by atoms with E-state index in [4.69, 9.17) is 24.5 Å². The molecule has 0 radical (unpaired) electrons. The predicted molar refractivity (Wildman–Crippen MR) is 99.4 cm³/mol. The summed E-state index contributed by atoms with van der Waals surface area (Å²) in [6.45, 7) is 6.82. The number of carboxylic acid groups (broad SMARTS) is 2. The van der Waals surface area contributed by atoms with Gasteiger partial charge in [-0.15, -0.1) is 5.10 Å².